The number of anilines is 4. The third kappa shape index (κ3) is 8.91. The number of hydrogen-bond acceptors (Lipinski definition) is 8. The number of nitrogens with zero attached hydrogens (tertiary/aromatic N) is 6. The maximum Gasteiger partial charge on any atom is 0.234 e. The molecule has 2 amide bonds. The molecule has 0 spiro atoms. The molecule has 4 aliphatic rings. The highest BCUT2D eigenvalue weighted by molar-refractivity contribution is 6.17. The fourth-order valence-corrected chi connectivity index (χ4v) is 8.76. The fraction of sp³-hybridized carbons (Fsp3) is 0.404. The van der Waals surface area contributed by atoms with Crippen molar-refractivity contribution < 1.29 is 27.6 Å². The van der Waals surface area contributed by atoms with E-state index in [1.807, 2.05) is 50.1 Å². The maximum absolute atomic E-state index is 15.3. The van der Waals surface area contributed by atoms with Gasteiger partial charge in [-0.15, -0.1) is 0 Å². The molecule has 60 heavy (non-hydrogen) atoms. The van der Waals surface area contributed by atoms with Crippen LogP contribution in [0.2, 0.25) is 0 Å². The zero-order valence-electron chi connectivity index (χ0n) is 35.5. The van der Waals surface area contributed by atoms with E-state index in [2.05, 4.69) is 63.5 Å². The topological polar surface area (TPSA) is 91.8 Å². The Kier molecular flexibility index (Phi) is 13.7. The normalized spacial score (nSPS) is 20.5. The standard InChI is InChI=1S/C45H50F3N7O3.C2H6/c1-6-31(46)22-30(27-52-16-20-54(21-17-52)33-23-37(47)42(38(48)24-33)34-11-13-41(57)50-43(34)58)26-51-14-18-53(19-15-51)32-10-12-36-40(25-32)55(44(49-5)45(36,3)4)39-9-7-8-29(2)35(39)28-56;1-2/h6-10,12,22-25,27-28,34H,1,11,13-21,26H2,2-5H3,(H,50,57,58);1-2H3/b30-27+,31-22+,49-44?;. The van der Waals surface area contributed by atoms with Gasteiger partial charge < -0.3 is 14.7 Å². The fourth-order valence-electron chi connectivity index (χ4n) is 8.76. The SMILES string of the molecule is C=C/C(F)=C\C(=C/N1CCN(c2cc(F)c(C3CCC(=O)NC3=O)c(F)c2)CC1)CN1CCN(c2ccc3c(c2)N(c2cccc(C)c2C=O)C(=NC)C3(C)C)CC1.CC. The van der Waals surface area contributed by atoms with Gasteiger partial charge in [0.25, 0.3) is 0 Å². The Morgan fingerprint density at radius 3 is 2.18 bits per heavy atom. The summed E-state index contributed by atoms with van der Waals surface area (Å²) in [4.78, 5) is 51.6. The van der Waals surface area contributed by atoms with Crippen molar-refractivity contribution in [2.24, 2.45) is 4.99 Å². The van der Waals surface area contributed by atoms with Crippen LogP contribution in [0.1, 0.15) is 73.5 Å². The summed E-state index contributed by atoms with van der Waals surface area (Å²) in [5.74, 6) is -3.36. The number of fused-ring (bicyclic) bond motifs is 1. The van der Waals surface area contributed by atoms with E-state index in [0.29, 0.717) is 44.0 Å². The number of allylic oxidation sites excluding steroid dienone is 2. The Balaban J connectivity index is 0.00000297. The summed E-state index contributed by atoms with van der Waals surface area (Å²) in [5, 5.41) is 2.17. The molecule has 0 radical (unpaired) electrons. The molecule has 7 rings (SSSR count). The summed E-state index contributed by atoms with van der Waals surface area (Å²) in [6.07, 6.45) is 5.66. The number of piperazine rings is 2. The summed E-state index contributed by atoms with van der Waals surface area (Å²) in [6.45, 7) is 19.5. The van der Waals surface area contributed by atoms with Gasteiger partial charge in [0.05, 0.1) is 17.3 Å². The number of nitrogens with one attached hydrogen (secondary N) is 1. The van der Waals surface area contributed by atoms with Crippen LogP contribution >= 0.6 is 0 Å². The van der Waals surface area contributed by atoms with Crippen LogP contribution in [0.3, 0.4) is 0 Å². The third-order valence-corrected chi connectivity index (χ3v) is 11.9. The number of amides is 2. The van der Waals surface area contributed by atoms with Gasteiger partial charge in [0, 0.05) is 106 Å². The lowest BCUT2D eigenvalue weighted by Crippen LogP contribution is -2.47. The predicted octanol–water partition coefficient (Wildman–Crippen LogP) is 7.96. The van der Waals surface area contributed by atoms with Crippen LogP contribution in [0.5, 0.6) is 0 Å². The van der Waals surface area contributed by atoms with Gasteiger partial charge >= 0.3 is 0 Å². The lowest BCUT2D eigenvalue weighted by Gasteiger charge is -2.38. The Morgan fingerprint density at radius 1 is 0.917 bits per heavy atom. The van der Waals surface area contributed by atoms with E-state index >= 15 is 8.78 Å². The second-order valence-corrected chi connectivity index (χ2v) is 15.9. The monoisotopic (exact) mass is 823 g/mol. The number of carbonyl (C=O) groups is 3. The number of aryl methyl sites for hydroxylation is 1. The first-order valence-electron chi connectivity index (χ1n) is 20.8. The van der Waals surface area contributed by atoms with E-state index in [4.69, 9.17) is 4.99 Å². The molecule has 4 heterocycles. The first-order valence-corrected chi connectivity index (χ1v) is 20.8. The average molecular weight is 824 g/mol. The number of amidine groups is 1. The van der Waals surface area contributed by atoms with Crippen LogP contribution in [-0.4, -0.2) is 99.7 Å². The quantitative estimate of drug-likeness (QED) is 0.125. The molecule has 1 N–H and O–H groups in total. The molecule has 0 bridgehead atoms. The Hall–Kier alpha value is -5.69. The highest BCUT2D eigenvalue weighted by Crippen LogP contribution is 2.48. The van der Waals surface area contributed by atoms with E-state index in [-0.39, 0.29) is 23.8 Å². The Bertz CT molecular complexity index is 2200. The van der Waals surface area contributed by atoms with Gasteiger partial charge in [-0.1, -0.05) is 38.6 Å². The van der Waals surface area contributed by atoms with Crippen molar-refractivity contribution in [1.29, 1.82) is 0 Å². The van der Waals surface area contributed by atoms with Crippen molar-refractivity contribution >= 4 is 46.7 Å². The lowest BCUT2D eigenvalue weighted by atomic mass is 9.85. The van der Waals surface area contributed by atoms with Crippen molar-refractivity contribution in [3.05, 3.63) is 119 Å². The number of aliphatic imine (C=N–C) groups is 1. The maximum atomic E-state index is 15.3. The van der Waals surface area contributed by atoms with E-state index in [1.165, 1.54) is 24.3 Å². The van der Waals surface area contributed by atoms with Crippen LogP contribution in [0, 0.1) is 18.6 Å². The van der Waals surface area contributed by atoms with Crippen molar-refractivity contribution in [2.45, 2.75) is 58.8 Å². The average Bonchev–Trinajstić information content (AvgIpc) is 3.47. The molecule has 1 atom stereocenters. The number of benzene rings is 3. The highest BCUT2D eigenvalue weighted by atomic mass is 19.1. The van der Waals surface area contributed by atoms with Gasteiger partial charge in [0.15, 0.2) is 6.29 Å². The molecule has 3 aromatic rings. The van der Waals surface area contributed by atoms with Gasteiger partial charge in [-0.25, -0.2) is 13.2 Å². The molecule has 10 nitrogen and oxygen atoms in total. The molecule has 3 saturated heterocycles. The van der Waals surface area contributed by atoms with E-state index < -0.39 is 35.2 Å². The second kappa shape index (κ2) is 18.7. The van der Waals surface area contributed by atoms with Crippen LogP contribution in [0.4, 0.5) is 35.9 Å². The number of halogens is 3. The zero-order valence-corrected chi connectivity index (χ0v) is 35.5. The minimum atomic E-state index is -1.05. The molecule has 0 aliphatic carbocycles. The minimum absolute atomic E-state index is 0.0284. The summed E-state index contributed by atoms with van der Waals surface area (Å²) >= 11 is 0. The highest BCUT2D eigenvalue weighted by Gasteiger charge is 2.43. The van der Waals surface area contributed by atoms with Crippen LogP contribution in [0.15, 0.2) is 89.9 Å². The molecule has 0 saturated carbocycles. The van der Waals surface area contributed by atoms with Gasteiger partial charge in [-0.3, -0.25) is 34.5 Å². The minimum Gasteiger partial charge on any atom is -0.374 e. The number of rotatable bonds is 10. The Morgan fingerprint density at radius 2 is 1.57 bits per heavy atom. The molecule has 4 aliphatic heterocycles. The number of carbonyl (C=O) groups excluding carboxylic acids is 3. The summed E-state index contributed by atoms with van der Waals surface area (Å²) in [7, 11) is 1.80. The number of aldehydes is 1. The molecule has 3 fully saturated rings. The largest absolute Gasteiger partial charge is 0.374 e. The van der Waals surface area contributed by atoms with Gasteiger partial charge in [-0.05, 0) is 86.4 Å². The van der Waals surface area contributed by atoms with Gasteiger partial charge in [0.2, 0.25) is 11.8 Å². The molecular formula is C47H56F3N7O3. The first kappa shape index (κ1) is 43.9. The number of piperidine rings is 1. The molecule has 318 valence electrons. The van der Waals surface area contributed by atoms with E-state index in [1.54, 1.807) is 7.05 Å². The number of hydrogen-bond donors (Lipinski definition) is 1. The molecule has 0 aromatic heterocycles. The lowest BCUT2D eigenvalue weighted by molar-refractivity contribution is -0.134. The van der Waals surface area contributed by atoms with Crippen LogP contribution in [-0.2, 0) is 15.0 Å². The van der Waals surface area contributed by atoms with Crippen LogP contribution in [0.25, 0.3) is 0 Å². The van der Waals surface area contributed by atoms with Crippen molar-refractivity contribution in [3.63, 3.8) is 0 Å². The summed E-state index contributed by atoms with van der Waals surface area (Å²) < 4.78 is 45.2. The molecule has 1 unspecified atom stereocenters. The van der Waals surface area contributed by atoms with Gasteiger partial charge in [-0.2, -0.15) is 0 Å². The van der Waals surface area contributed by atoms with E-state index in [0.717, 1.165) is 72.1 Å². The third-order valence-electron chi connectivity index (χ3n) is 11.9. The molecule has 13 heteroatoms. The molecule has 3 aromatic carbocycles. The second-order valence-electron chi connectivity index (χ2n) is 15.9. The Labute approximate surface area is 351 Å². The summed E-state index contributed by atoms with van der Waals surface area (Å²) in [5.41, 5.74) is 6.08. The number of imide groups is 1. The van der Waals surface area contributed by atoms with Crippen molar-refractivity contribution in [1.82, 2.24) is 15.1 Å². The van der Waals surface area contributed by atoms with Crippen molar-refractivity contribution in [2.75, 3.05) is 80.7 Å². The first-order chi connectivity index (χ1) is 28.8. The van der Waals surface area contributed by atoms with Crippen molar-refractivity contribution in [3.8, 4) is 0 Å². The smallest absolute Gasteiger partial charge is 0.234 e. The van der Waals surface area contributed by atoms with E-state index in [9.17, 15) is 18.8 Å². The van der Waals surface area contributed by atoms with Crippen LogP contribution < -0.4 is 20.0 Å². The zero-order chi connectivity index (χ0) is 43.3. The molecular weight excluding hydrogens is 768 g/mol. The predicted molar refractivity (Wildman–Crippen MR) is 234 cm³/mol. The van der Waals surface area contributed by atoms with Gasteiger partial charge in [0.1, 0.15) is 23.3 Å². The summed E-state index contributed by atoms with van der Waals surface area (Å²) in [6, 6.07) is 14.9.